The van der Waals surface area contributed by atoms with Crippen LogP contribution in [0.25, 0.3) is 0 Å². The Balaban J connectivity index is 1.62. The van der Waals surface area contributed by atoms with Gasteiger partial charge in [0.15, 0.2) is 0 Å². The molecule has 1 aromatic rings. The van der Waals surface area contributed by atoms with Crippen molar-refractivity contribution in [3.8, 4) is 5.75 Å². The molecule has 1 aliphatic heterocycles. The zero-order valence-corrected chi connectivity index (χ0v) is 14.8. The van der Waals surface area contributed by atoms with E-state index < -0.39 is 6.04 Å². The van der Waals surface area contributed by atoms with Gasteiger partial charge in [-0.05, 0) is 37.8 Å². The Labute approximate surface area is 148 Å². The number of nitrogens with one attached hydrogen (secondary N) is 2. The highest BCUT2D eigenvalue weighted by molar-refractivity contribution is 5.98. The summed E-state index contributed by atoms with van der Waals surface area (Å²) in [5, 5.41) is 6.02. The summed E-state index contributed by atoms with van der Waals surface area (Å²) in [5.74, 6) is 0.466. The van der Waals surface area contributed by atoms with Gasteiger partial charge in [-0.15, -0.1) is 0 Å². The number of methoxy groups -OCH3 is 1. The summed E-state index contributed by atoms with van der Waals surface area (Å²) < 4.78 is 5.28. The van der Waals surface area contributed by atoms with Crippen LogP contribution in [-0.2, 0) is 4.79 Å². The van der Waals surface area contributed by atoms with Gasteiger partial charge in [0.05, 0.1) is 12.8 Å². The fourth-order valence-corrected chi connectivity index (χ4v) is 3.75. The third-order valence-corrected chi connectivity index (χ3v) is 5.11. The maximum absolute atomic E-state index is 12.7. The van der Waals surface area contributed by atoms with Crippen molar-refractivity contribution in [2.24, 2.45) is 0 Å². The lowest BCUT2D eigenvalue weighted by atomic mass is 9.96. The molecule has 1 aliphatic carbocycles. The van der Waals surface area contributed by atoms with E-state index >= 15 is 0 Å². The molecule has 6 nitrogen and oxygen atoms in total. The number of rotatable bonds is 4. The number of carbonyl (C=O) groups excluding carboxylic acids is 2. The number of carbonyl (C=O) groups is 2. The summed E-state index contributed by atoms with van der Waals surface area (Å²) in [6, 6.07) is 7.03. The number of hydrogen-bond acceptors (Lipinski definition) is 3. The lowest BCUT2D eigenvalue weighted by molar-refractivity contribution is -0.119. The highest BCUT2D eigenvalue weighted by atomic mass is 16.5. The lowest BCUT2D eigenvalue weighted by Gasteiger charge is -2.29. The quantitative estimate of drug-likeness (QED) is 0.881. The molecule has 136 valence electrons. The zero-order chi connectivity index (χ0) is 17.6. The van der Waals surface area contributed by atoms with Crippen molar-refractivity contribution in [1.29, 1.82) is 0 Å². The Bertz CT molecular complexity index is 614. The smallest absolute Gasteiger partial charge is 0.318 e. The van der Waals surface area contributed by atoms with Gasteiger partial charge in [-0.25, -0.2) is 4.79 Å². The van der Waals surface area contributed by atoms with Gasteiger partial charge in [0.2, 0.25) is 5.91 Å². The summed E-state index contributed by atoms with van der Waals surface area (Å²) in [4.78, 5) is 27.0. The summed E-state index contributed by atoms with van der Waals surface area (Å²) >= 11 is 0. The monoisotopic (exact) mass is 345 g/mol. The molecule has 1 saturated heterocycles. The van der Waals surface area contributed by atoms with Gasteiger partial charge in [0, 0.05) is 12.6 Å². The molecule has 2 N–H and O–H groups in total. The molecular weight excluding hydrogens is 318 g/mol. The maximum Gasteiger partial charge on any atom is 0.318 e. The van der Waals surface area contributed by atoms with Crippen LogP contribution in [0.15, 0.2) is 24.3 Å². The summed E-state index contributed by atoms with van der Waals surface area (Å²) in [5.41, 5.74) is 0.634. The normalized spacial score (nSPS) is 21.0. The SMILES string of the molecule is COc1ccccc1NC(=O)[C@H]1CCCN1C(=O)NC1CCCCC1. The van der Waals surface area contributed by atoms with Crippen LogP contribution in [0.4, 0.5) is 10.5 Å². The molecule has 1 saturated carbocycles. The van der Waals surface area contributed by atoms with Crippen molar-refractivity contribution < 1.29 is 14.3 Å². The van der Waals surface area contributed by atoms with Crippen LogP contribution in [-0.4, -0.2) is 42.6 Å². The van der Waals surface area contributed by atoms with E-state index in [4.69, 9.17) is 4.74 Å². The minimum Gasteiger partial charge on any atom is -0.495 e. The van der Waals surface area contributed by atoms with Crippen molar-refractivity contribution in [3.63, 3.8) is 0 Å². The van der Waals surface area contributed by atoms with E-state index in [1.165, 1.54) is 19.3 Å². The number of amides is 3. The first-order chi connectivity index (χ1) is 12.2. The van der Waals surface area contributed by atoms with E-state index in [2.05, 4.69) is 10.6 Å². The van der Waals surface area contributed by atoms with Crippen molar-refractivity contribution in [1.82, 2.24) is 10.2 Å². The number of likely N-dealkylation sites (tertiary alicyclic amines) is 1. The molecule has 1 aromatic carbocycles. The second-order valence-electron chi connectivity index (χ2n) is 6.83. The fraction of sp³-hybridized carbons (Fsp3) is 0.579. The van der Waals surface area contributed by atoms with Crippen molar-refractivity contribution in [2.75, 3.05) is 19.0 Å². The van der Waals surface area contributed by atoms with E-state index in [1.807, 2.05) is 12.1 Å². The Kier molecular flexibility index (Phi) is 5.79. The highest BCUT2D eigenvalue weighted by Gasteiger charge is 2.35. The van der Waals surface area contributed by atoms with Crippen molar-refractivity contribution >= 4 is 17.6 Å². The van der Waals surface area contributed by atoms with E-state index in [-0.39, 0.29) is 18.0 Å². The molecule has 0 radical (unpaired) electrons. The second kappa shape index (κ2) is 8.23. The zero-order valence-electron chi connectivity index (χ0n) is 14.8. The van der Waals surface area contributed by atoms with Crippen LogP contribution in [0.2, 0.25) is 0 Å². The molecule has 0 bridgehead atoms. The van der Waals surface area contributed by atoms with E-state index in [0.717, 1.165) is 19.3 Å². The number of benzene rings is 1. The number of nitrogens with zero attached hydrogens (tertiary/aromatic N) is 1. The number of ether oxygens (including phenoxy) is 1. The molecule has 0 unspecified atom stereocenters. The number of anilines is 1. The molecule has 6 heteroatoms. The molecule has 1 atom stereocenters. The minimum atomic E-state index is -0.423. The third kappa shape index (κ3) is 4.24. The van der Waals surface area contributed by atoms with Gasteiger partial charge in [0.25, 0.3) is 0 Å². The standard InChI is InChI=1S/C19H27N3O3/c1-25-17-12-6-5-10-15(17)21-18(23)16-11-7-13-22(16)19(24)20-14-8-3-2-4-9-14/h5-6,10,12,14,16H,2-4,7-9,11,13H2,1H3,(H,20,24)(H,21,23)/t16-/m1/s1. The first-order valence-corrected chi connectivity index (χ1v) is 9.20. The molecule has 3 amide bonds. The maximum atomic E-state index is 12.7. The molecule has 2 aliphatic rings. The third-order valence-electron chi connectivity index (χ3n) is 5.11. The van der Waals surface area contributed by atoms with Gasteiger partial charge >= 0.3 is 6.03 Å². The van der Waals surface area contributed by atoms with Crippen LogP contribution in [0.5, 0.6) is 5.75 Å². The Morgan fingerprint density at radius 3 is 2.60 bits per heavy atom. The predicted molar refractivity (Wildman–Crippen MR) is 96.8 cm³/mol. The number of para-hydroxylation sites is 2. The van der Waals surface area contributed by atoms with Gasteiger partial charge in [-0.2, -0.15) is 0 Å². The van der Waals surface area contributed by atoms with Crippen LogP contribution in [0.1, 0.15) is 44.9 Å². The van der Waals surface area contributed by atoms with E-state index in [1.54, 1.807) is 24.1 Å². The fourth-order valence-electron chi connectivity index (χ4n) is 3.75. The predicted octanol–water partition coefficient (Wildman–Crippen LogP) is 3.14. The van der Waals surface area contributed by atoms with Crippen molar-refractivity contribution in [2.45, 2.75) is 57.0 Å². The van der Waals surface area contributed by atoms with E-state index in [0.29, 0.717) is 24.4 Å². The average Bonchev–Trinajstić information content (AvgIpc) is 3.13. The summed E-state index contributed by atoms with van der Waals surface area (Å²) in [7, 11) is 1.57. The molecule has 25 heavy (non-hydrogen) atoms. The van der Waals surface area contributed by atoms with Crippen LogP contribution < -0.4 is 15.4 Å². The number of hydrogen-bond donors (Lipinski definition) is 2. The van der Waals surface area contributed by atoms with Gasteiger partial charge < -0.3 is 20.3 Å². The second-order valence-corrected chi connectivity index (χ2v) is 6.83. The Hall–Kier alpha value is -2.24. The van der Waals surface area contributed by atoms with Gasteiger partial charge in [-0.3, -0.25) is 4.79 Å². The summed E-state index contributed by atoms with van der Waals surface area (Å²) in [6.45, 7) is 0.628. The topological polar surface area (TPSA) is 70.7 Å². The van der Waals surface area contributed by atoms with Gasteiger partial charge in [0.1, 0.15) is 11.8 Å². The van der Waals surface area contributed by atoms with Crippen LogP contribution in [0, 0.1) is 0 Å². The van der Waals surface area contributed by atoms with Crippen molar-refractivity contribution in [3.05, 3.63) is 24.3 Å². The highest BCUT2D eigenvalue weighted by Crippen LogP contribution is 2.26. The van der Waals surface area contributed by atoms with E-state index in [9.17, 15) is 9.59 Å². The first-order valence-electron chi connectivity index (χ1n) is 9.20. The van der Waals surface area contributed by atoms with Gasteiger partial charge in [-0.1, -0.05) is 31.4 Å². The number of urea groups is 1. The summed E-state index contributed by atoms with van der Waals surface area (Å²) in [6.07, 6.45) is 7.21. The minimum absolute atomic E-state index is 0.107. The molecule has 2 fully saturated rings. The van der Waals surface area contributed by atoms with Crippen LogP contribution in [0.3, 0.4) is 0 Å². The molecule has 0 aromatic heterocycles. The molecular formula is C19H27N3O3. The Morgan fingerprint density at radius 2 is 1.84 bits per heavy atom. The largest absolute Gasteiger partial charge is 0.495 e. The first kappa shape index (κ1) is 17.6. The lowest BCUT2D eigenvalue weighted by Crippen LogP contribution is -2.50. The molecule has 0 spiro atoms. The Morgan fingerprint density at radius 1 is 1.08 bits per heavy atom. The molecule has 1 heterocycles. The van der Waals surface area contributed by atoms with Crippen LogP contribution >= 0.6 is 0 Å². The molecule has 3 rings (SSSR count). The average molecular weight is 345 g/mol.